The smallest absolute Gasteiger partial charge is 0.350 e. The maximum atomic E-state index is 13.8. The number of nitrogens with one attached hydrogen (secondary N) is 1. The Bertz CT molecular complexity index is 1500. The van der Waals surface area contributed by atoms with Gasteiger partial charge in [0.25, 0.3) is 0 Å². The lowest BCUT2D eigenvalue weighted by atomic mass is 10.0. The van der Waals surface area contributed by atoms with E-state index in [1.54, 1.807) is 0 Å². The Hall–Kier alpha value is -3.79. The number of hydrogen-bond donors (Lipinski definition) is 1. The maximum absolute atomic E-state index is 13.8. The van der Waals surface area contributed by atoms with E-state index in [0.29, 0.717) is 16.2 Å². The average Bonchev–Trinajstić information content (AvgIpc) is 3.05. The largest absolute Gasteiger partial charge is 0.416 e. The van der Waals surface area contributed by atoms with Gasteiger partial charge in [-0.3, -0.25) is 14.5 Å². The Morgan fingerprint density at radius 3 is 2.51 bits per heavy atom. The molecule has 1 atom stereocenters. The summed E-state index contributed by atoms with van der Waals surface area (Å²) in [6.45, 7) is 0.0491. The highest BCUT2D eigenvalue weighted by molar-refractivity contribution is 8.00. The molecule has 5 rings (SSSR count). The van der Waals surface area contributed by atoms with Crippen LogP contribution in [0.15, 0.2) is 77.8 Å². The van der Waals surface area contributed by atoms with Crippen LogP contribution in [0, 0.1) is 5.82 Å². The highest BCUT2D eigenvalue weighted by Gasteiger charge is 2.40. The minimum Gasteiger partial charge on any atom is -0.350 e. The first-order valence-electron chi connectivity index (χ1n) is 11.4. The van der Waals surface area contributed by atoms with Crippen molar-refractivity contribution in [2.24, 2.45) is 7.05 Å². The number of rotatable bonds is 4. The highest BCUT2D eigenvalue weighted by atomic mass is 32.2. The number of amides is 2. The van der Waals surface area contributed by atoms with Gasteiger partial charge >= 0.3 is 6.18 Å². The van der Waals surface area contributed by atoms with Crippen molar-refractivity contribution in [1.82, 2.24) is 9.88 Å². The highest BCUT2D eigenvalue weighted by Crippen LogP contribution is 2.44. The summed E-state index contributed by atoms with van der Waals surface area (Å²) in [7, 11) is 1.83. The van der Waals surface area contributed by atoms with Crippen LogP contribution in [-0.2, 0) is 29.4 Å². The van der Waals surface area contributed by atoms with Crippen molar-refractivity contribution in [2.45, 2.75) is 23.8 Å². The average molecular weight is 528 g/mol. The number of carbonyl (C=O) groups excluding carboxylic acids is 2. The summed E-state index contributed by atoms with van der Waals surface area (Å²) < 4.78 is 55.8. The summed E-state index contributed by atoms with van der Waals surface area (Å²) in [6.07, 6.45) is -4.62. The molecule has 0 fully saturated rings. The second kappa shape index (κ2) is 9.59. The first-order chi connectivity index (χ1) is 17.6. The van der Waals surface area contributed by atoms with Gasteiger partial charge in [0.2, 0.25) is 11.8 Å². The molecule has 0 spiro atoms. The fourth-order valence-corrected chi connectivity index (χ4v) is 5.64. The second-order valence-electron chi connectivity index (χ2n) is 8.64. The molecular weight excluding hydrogens is 506 g/mol. The van der Waals surface area contributed by atoms with Crippen molar-refractivity contribution in [3.63, 3.8) is 0 Å². The SMILES string of the molecule is Cn1c2c(c3ccccc31)[C@H](C(=O)NCc1ccc(F)cc1)N(c1cccc(C(F)(F)F)c1)C(=O)CS2. The van der Waals surface area contributed by atoms with Gasteiger partial charge in [0.1, 0.15) is 11.9 Å². The van der Waals surface area contributed by atoms with Crippen LogP contribution in [-0.4, -0.2) is 22.1 Å². The van der Waals surface area contributed by atoms with E-state index in [-0.39, 0.29) is 18.0 Å². The third-order valence-corrected chi connectivity index (χ3v) is 7.46. The number of halogens is 4. The standard InChI is InChI=1S/C27H21F4N3O2S/c1-33-21-8-3-2-7-20(21)23-24(25(36)32-14-16-9-11-18(28)12-10-16)34(22(35)15-37-26(23)33)19-6-4-5-17(13-19)27(29,30)31/h2-13,24H,14-15H2,1H3,(H,32,36)/t24-/m1/s1. The molecule has 1 aromatic heterocycles. The van der Waals surface area contributed by atoms with Crippen LogP contribution in [0.5, 0.6) is 0 Å². The van der Waals surface area contributed by atoms with E-state index in [1.165, 1.54) is 48.2 Å². The molecule has 10 heteroatoms. The minimum atomic E-state index is -4.62. The molecule has 0 aliphatic carbocycles. The van der Waals surface area contributed by atoms with Crippen molar-refractivity contribution in [2.75, 3.05) is 10.7 Å². The van der Waals surface area contributed by atoms with E-state index < -0.39 is 35.4 Å². The summed E-state index contributed by atoms with van der Waals surface area (Å²) in [5, 5.41) is 4.21. The van der Waals surface area contributed by atoms with Gasteiger partial charge in [-0.25, -0.2) is 4.39 Å². The molecule has 0 saturated carbocycles. The van der Waals surface area contributed by atoms with E-state index in [9.17, 15) is 27.2 Å². The third-order valence-electron chi connectivity index (χ3n) is 6.30. The summed E-state index contributed by atoms with van der Waals surface area (Å²) in [5.74, 6) is -1.53. The quantitative estimate of drug-likeness (QED) is 0.340. The molecule has 2 amide bonds. The van der Waals surface area contributed by atoms with E-state index in [2.05, 4.69) is 5.32 Å². The fraction of sp³-hybridized carbons (Fsp3) is 0.185. The molecule has 0 unspecified atom stereocenters. The van der Waals surface area contributed by atoms with Crippen molar-refractivity contribution < 1.29 is 27.2 Å². The number of benzene rings is 3. The Labute approximate surface area is 214 Å². The van der Waals surface area contributed by atoms with Gasteiger partial charge < -0.3 is 9.88 Å². The molecular formula is C27H21F4N3O2S. The second-order valence-corrected chi connectivity index (χ2v) is 9.61. The van der Waals surface area contributed by atoms with Gasteiger partial charge in [-0.15, -0.1) is 0 Å². The lowest BCUT2D eigenvalue weighted by Gasteiger charge is -2.30. The van der Waals surface area contributed by atoms with Gasteiger partial charge in [0.05, 0.1) is 16.3 Å². The Kier molecular flexibility index (Phi) is 6.45. The van der Waals surface area contributed by atoms with Crippen LogP contribution < -0.4 is 10.2 Å². The van der Waals surface area contributed by atoms with E-state index >= 15 is 0 Å². The Balaban J connectivity index is 1.65. The van der Waals surface area contributed by atoms with Gasteiger partial charge in [-0.1, -0.05) is 48.2 Å². The summed E-state index contributed by atoms with van der Waals surface area (Å²) in [6, 6.07) is 16.2. The van der Waals surface area contributed by atoms with Gasteiger partial charge in [0, 0.05) is 35.7 Å². The number of anilines is 1. The molecule has 4 aromatic rings. The number of thioether (sulfide) groups is 1. The molecule has 2 heterocycles. The number of aromatic nitrogens is 1. The predicted octanol–water partition coefficient (Wildman–Crippen LogP) is 5.83. The molecule has 1 N–H and O–H groups in total. The van der Waals surface area contributed by atoms with Crippen LogP contribution in [0.1, 0.15) is 22.7 Å². The number of nitrogens with zero attached hydrogens (tertiary/aromatic N) is 2. The third kappa shape index (κ3) is 4.69. The van der Waals surface area contributed by atoms with Crippen LogP contribution in [0.25, 0.3) is 10.9 Å². The first kappa shape index (κ1) is 24.9. The van der Waals surface area contributed by atoms with Gasteiger partial charge in [-0.05, 0) is 42.0 Å². The molecule has 3 aromatic carbocycles. The number of para-hydroxylation sites is 1. The normalized spacial score (nSPS) is 16.0. The lowest BCUT2D eigenvalue weighted by Crippen LogP contribution is -2.44. The zero-order valence-corrected chi connectivity index (χ0v) is 20.4. The molecule has 37 heavy (non-hydrogen) atoms. The zero-order chi connectivity index (χ0) is 26.3. The summed E-state index contributed by atoms with van der Waals surface area (Å²) >= 11 is 1.24. The van der Waals surface area contributed by atoms with Crippen LogP contribution in [0.3, 0.4) is 0 Å². The molecule has 0 radical (unpaired) electrons. The molecule has 5 nitrogen and oxygen atoms in total. The summed E-state index contributed by atoms with van der Waals surface area (Å²) in [5.41, 5.74) is 1.06. The van der Waals surface area contributed by atoms with Crippen LogP contribution >= 0.6 is 11.8 Å². The molecule has 190 valence electrons. The number of alkyl halides is 3. The number of hydrogen-bond acceptors (Lipinski definition) is 3. The number of fused-ring (bicyclic) bond motifs is 3. The number of carbonyl (C=O) groups is 2. The van der Waals surface area contributed by atoms with Gasteiger partial charge in [-0.2, -0.15) is 13.2 Å². The monoisotopic (exact) mass is 527 g/mol. The first-order valence-corrected chi connectivity index (χ1v) is 12.4. The summed E-state index contributed by atoms with van der Waals surface area (Å²) in [4.78, 5) is 28.4. The fourth-order valence-electron chi connectivity index (χ4n) is 4.57. The topological polar surface area (TPSA) is 54.3 Å². The molecule has 0 saturated heterocycles. The minimum absolute atomic E-state index is 0.0249. The maximum Gasteiger partial charge on any atom is 0.416 e. The Morgan fingerprint density at radius 2 is 1.78 bits per heavy atom. The van der Waals surface area contributed by atoms with E-state index in [4.69, 9.17) is 0 Å². The van der Waals surface area contributed by atoms with Crippen LogP contribution in [0.4, 0.5) is 23.2 Å². The Morgan fingerprint density at radius 1 is 1.05 bits per heavy atom. The molecule has 0 bridgehead atoms. The van der Waals surface area contributed by atoms with Crippen molar-refractivity contribution in [3.05, 3.63) is 95.3 Å². The van der Waals surface area contributed by atoms with Crippen molar-refractivity contribution >= 4 is 40.2 Å². The molecule has 1 aliphatic rings. The van der Waals surface area contributed by atoms with Crippen molar-refractivity contribution in [1.29, 1.82) is 0 Å². The molecule has 1 aliphatic heterocycles. The van der Waals surface area contributed by atoms with Crippen LogP contribution in [0.2, 0.25) is 0 Å². The zero-order valence-electron chi connectivity index (χ0n) is 19.6. The number of aryl methyl sites for hydroxylation is 1. The predicted molar refractivity (Wildman–Crippen MR) is 134 cm³/mol. The lowest BCUT2D eigenvalue weighted by molar-refractivity contribution is -0.137. The van der Waals surface area contributed by atoms with E-state index in [1.807, 2.05) is 35.9 Å². The van der Waals surface area contributed by atoms with Gasteiger partial charge in [0.15, 0.2) is 0 Å². The van der Waals surface area contributed by atoms with Crippen molar-refractivity contribution in [3.8, 4) is 0 Å². The van der Waals surface area contributed by atoms with E-state index in [0.717, 1.165) is 27.9 Å².